The van der Waals surface area contributed by atoms with Crippen LogP contribution in [0.2, 0.25) is 0 Å². The van der Waals surface area contributed by atoms with E-state index in [9.17, 15) is 47.7 Å². The van der Waals surface area contributed by atoms with Gasteiger partial charge in [-0.2, -0.15) is 13.2 Å². The third-order valence-electron chi connectivity index (χ3n) is 5.80. The fourth-order valence-electron chi connectivity index (χ4n) is 3.73. The number of ketones is 1. The largest absolute Gasteiger partial charge is 0.508 e. The zero-order valence-corrected chi connectivity index (χ0v) is 18.4. The SMILES string of the molecule is O=C(CC(CCn1nnc2ccc(C(F)(F)F)cc2c1=O)(C(=O)O)C(=O)O)c1noc2cc(O)ccc12. The first-order chi connectivity index (χ1) is 17.3. The highest BCUT2D eigenvalue weighted by molar-refractivity contribution is 6.10. The summed E-state index contributed by atoms with van der Waals surface area (Å²) in [7, 11) is 0. The summed E-state index contributed by atoms with van der Waals surface area (Å²) in [6.07, 6.45) is -6.70. The molecule has 4 aromatic rings. The van der Waals surface area contributed by atoms with Crippen LogP contribution in [0.1, 0.15) is 28.9 Å². The summed E-state index contributed by atoms with van der Waals surface area (Å²) < 4.78 is 44.6. The van der Waals surface area contributed by atoms with Crippen molar-refractivity contribution >= 4 is 39.6 Å². The second-order valence-corrected chi connectivity index (χ2v) is 8.10. The minimum Gasteiger partial charge on any atom is -0.508 e. The summed E-state index contributed by atoms with van der Waals surface area (Å²) in [5.74, 6) is -5.02. The molecule has 12 nitrogen and oxygen atoms in total. The Kier molecular flexibility index (Phi) is 6.15. The van der Waals surface area contributed by atoms with Gasteiger partial charge in [-0.15, -0.1) is 5.10 Å². The number of phenols is 1. The molecule has 0 amide bonds. The van der Waals surface area contributed by atoms with Crippen LogP contribution in [-0.2, 0) is 22.3 Å². The average Bonchev–Trinajstić information content (AvgIpc) is 3.24. The van der Waals surface area contributed by atoms with E-state index in [4.69, 9.17) is 4.52 Å². The summed E-state index contributed by atoms with van der Waals surface area (Å²) in [5.41, 5.74) is -5.48. The number of hydrogen-bond donors (Lipinski definition) is 3. The van der Waals surface area contributed by atoms with Crippen LogP contribution in [0.5, 0.6) is 5.75 Å². The van der Waals surface area contributed by atoms with Crippen molar-refractivity contribution < 1.29 is 47.4 Å². The summed E-state index contributed by atoms with van der Waals surface area (Å²) in [4.78, 5) is 49.8. The number of benzene rings is 2. The maximum atomic E-state index is 13.1. The fraction of sp³-hybridized carbons (Fsp3) is 0.227. The number of fused-ring (bicyclic) bond motifs is 2. The van der Waals surface area contributed by atoms with Gasteiger partial charge in [0.15, 0.2) is 22.5 Å². The molecule has 2 aromatic carbocycles. The number of alkyl halides is 3. The maximum Gasteiger partial charge on any atom is 0.416 e. The van der Waals surface area contributed by atoms with Crippen LogP contribution in [0, 0.1) is 5.41 Å². The number of aliphatic carboxylic acids is 2. The molecule has 0 aliphatic heterocycles. The van der Waals surface area contributed by atoms with Crippen molar-refractivity contribution in [3.05, 3.63) is 58.0 Å². The Hall–Kier alpha value is -4.82. The molecule has 0 bridgehead atoms. The minimum absolute atomic E-state index is 0.00387. The van der Waals surface area contributed by atoms with Crippen LogP contribution in [0.15, 0.2) is 45.7 Å². The Labute approximate surface area is 202 Å². The summed E-state index contributed by atoms with van der Waals surface area (Å²) in [6, 6.07) is 5.85. The molecule has 0 radical (unpaired) electrons. The molecule has 0 saturated heterocycles. The molecule has 0 saturated carbocycles. The van der Waals surface area contributed by atoms with Crippen molar-refractivity contribution in [2.45, 2.75) is 25.6 Å². The second-order valence-electron chi connectivity index (χ2n) is 8.10. The number of carbonyl (C=O) groups is 3. The molecule has 0 aliphatic rings. The first-order valence-corrected chi connectivity index (χ1v) is 10.4. The molecule has 37 heavy (non-hydrogen) atoms. The lowest BCUT2D eigenvalue weighted by atomic mass is 9.79. The van der Waals surface area contributed by atoms with Crippen molar-refractivity contribution in [3.8, 4) is 5.75 Å². The van der Waals surface area contributed by atoms with Gasteiger partial charge in [-0.05, 0) is 36.8 Å². The van der Waals surface area contributed by atoms with E-state index in [1.165, 1.54) is 12.1 Å². The quantitative estimate of drug-likeness (QED) is 0.229. The number of carboxylic acid groups (broad SMARTS) is 2. The van der Waals surface area contributed by atoms with Gasteiger partial charge in [0.25, 0.3) is 5.56 Å². The van der Waals surface area contributed by atoms with E-state index in [0.29, 0.717) is 16.8 Å². The van der Waals surface area contributed by atoms with Crippen LogP contribution < -0.4 is 5.56 Å². The zero-order chi connectivity index (χ0) is 27.1. The smallest absolute Gasteiger partial charge is 0.416 e. The molecule has 2 aromatic heterocycles. The maximum absolute atomic E-state index is 13.1. The van der Waals surface area contributed by atoms with Crippen LogP contribution >= 0.6 is 0 Å². The van der Waals surface area contributed by atoms with E-state index >= 15 is 0 Å². The van der Waals surface area contributed by atoms with E-state index < -0.39 is 65.2 Å². The molecule has 0 spiro atoms. The number of aromatic hydroxyl groups is 1. The predicted molar refractivity (Wildman–Crippen MR) is 116 cm³/mol. The average molecular weight is 520 g/mol. The monoisotopic (exact) mass is 520 g/mol. The van der Waals surface area contributed by atoms with Crippen LogP contribution in [-0.4, -0.2) is 53.2 Å². The molecule has 192 valence electrons. The van der Waals surface area contributed by atoms with Gasteiger partial charge in [-0.25, -0.2) is 4.68 Å². The van der Waals surface area contributed by atoms with Crippen LogP contribution in [0.4, 0.5) is 13.2 Å². The van der Waals surface area contributed by atoms with Crippen molar-refractivity contribution in [1.29, 1.82) is 0 Å². The Bertz CT molecular complexity index is 1610. The van der Waals surface area contributed by atoms with Gasteiger partial charge in [0.05, 0.1) is 16.3 Å². The van der Waals surface area contributed by atoms with Crippen molar-refractivity contribution in [1.82, 2.24) is 20.2 Å². The van der Waals surface area contributed by atoms with Gasteiger partial charge in [0.1, 0.15) is 11.3 Å². The minimum atomic E-state index is -4.75. The van der Waals surface area contributed by atoms with E-state index in [2.05, 4.69) is 15.5 Å². The highest BCUT2D eigenvalue weighted by atomic mass is 19.4. The predicted octanol–water partition coefficient (Wildman–Crippen LogP) is 2.48. The second kappa shape index (κ2) is 9.00. The molecule has 3 N–H and O–H groups in total. The highest BCUT2D eigenvalue weighted by Crippen LogP contribution is 2.33. The molecule has 4 rings (SSSR count). The van der Waals surface area contributed by atoms with E-state index in [1.807, 2.05) is 0 Å². The first kappa shape index (κ1) is 25.3. The van der Waals surface area contributed by atoms with Crippen molar-refractivity contribution in [2.24, 2.45) is 5.41 Å². The Morgan fingerprint density at radius 2 is 1.70 bits per heavy atom. The van der Waals surface area contributed by atoms with E-state index in [-0.39, 0.29) is 27.9 Å². The Balaban J connectivity index is 1.67. The number of hydrogen-bond acceptors (Lipinski definition) is 9. The highest BCUT2D eigenvalue weighted by Gasteiger charge is 2.49. The fourth-order valence-corrected chi connectivity index (χ4v) is 3.73. The van der Waals surface area contributed by atoms with E-state index in [1.54, 1.807) is 0 Å². The Morgan fingerprint density at radius 3 is 2.35 bits per heavy atom. The summed E-state index contributed by atoms with van der Waals surface area (Å²) in [6.45, 7) is -0.697. The van der Waals surface area contributed by atoms with Gasteiger partial charge < -0.3 is 19.8 Å². The lowest BCUT2D eigenvalue weighted by Gasteiger charge is -2.23. The summed E-state index contributed by atoms with van der Waals surface area (Å²) >= 11 is 0. The molecule has 0 aliphatic carbocycles. The number of nitrogens with zero attached hydrogens (tertiary/aromatic N) is 4. The van der Waals surface area contributed by atoms with Gasteiger partial charge in [0, 0.05) is 19.0 Å². The van der Waals surface area contributed by atoms with E-state index in [0.717, 1.165) is 12.1 Å². The number of aromatic nitrogens is 4. The van der Waals surface area contributed by atoms with Gasteiger partial charge >= 0.3 is 18.1 Å². The number of Topliss-reactive ketones (excluding diaryl/α,β-unsaturated/α-hetero) is 1. The number of carbonyl (C=O) groups excluding carboxylic acids is 1. The Morgan fingerprint density at radius 1 is 1.00 bits per heavy atom. The first-order valence-electron chi connectivity index (χ1n) is 10.4. The molecule has 2 heterocycles. The van der Waals surface area contributed by atoms with Crippen molar-refractivity contribution in [3.63, 3.8) is 0 Å². The third-order valence-corrected chi connectivity index (χ3v) is 5.80. The molecule has 15 heteroatoms. The molecule has 0 fully saturated rings. The molecular weight excluding hydrogens is 505 g/mol. The molecular formula is C22H15F3N4O8. The van der Waals surface area contributed by atoms with Gasteiger partial charge in [-0.1, -0.05) is 10.4 Å². The van der Waals surface area contributed by atoms with Gasteiger partial charge in [-0.3, -0.25) is 19.2 Å². The normalized spacial score (nSPS) is 12.2. The summed E-state index contributed by atoms with van der Waals surface area (Å²) in [5, 5.41) is 39.4. The molecule has 0 unspecified atom stereocenters. The van der Waals surface area contributed by atoms with Crippen LogP contribution in [0.3, 0.4) is 0 Å². The number of aryl methyl sites for hydroxylation is 1. The molecule has 0 atom stereocenters. The van der Waals surface area contributed by atoms with Gasteiger partial charge in [0.2, 0.25) is 0 Å². The van der Waals surface area contributed by atoms with Crippen LogP contribution in [0.25, 0.3) is 21.9 Å². The number of carboxylic acids is 2. The zero-order valence-electron chi connectivity index (χ0n) is 18.4. The third kappa shape index (κ3) is 4.57. The number of phenolic OH excluding ortho intramolecular Hbond substituents is 1. The topological polar surface area (TPSA) is 186 Å². The lowest BCUT2D eigenvalue weighted by molar-refractivity contribution is -0.165. The standard InChI is InChI=1S/C22H15F3N4O8/c23-22(24,25)10-1-4-14-13(7-10)18(32)29(28-26-14)6-5-21(19(33)34,20(35)36)9-15(31)17-12-3-2-11(30)8-16(12)37-27-17/h1-4,7-8,30H,5-6,9H2,(H,33,34)(H,35,36). The lowest BCUT2D eigenvalue weighted by Crippen LogP contribution is -2.43. The van der Waals surface area contributed by atoms with Crippen molar-refractivity contribution in [2.75, 3.05) is 0 Å². The number of rotatable bonds is 8. The number of halogens is 3.